The van der Waals surface area contributed by atoms with Crippen LogP contribution in [0.4, 0.5) is 0 Å². The normalized spacial score (nSPS) is 27.2. The van der Waals surface area contributed by atoms with Crippen molar-refractivity contribution in [1.29, 1.82) is 0 Å². The number of amides is 4. The molecule has 4 heterocycles. The summed E-state index contributed by atoms with van der Waals surface area (Å²) in [6, 6.07) is 3.60. The molecule has 4 saturated heterocycles. The van der Waals surface area contributed by atoms with Crippen molar-refractivity contribution in [2.24, 2.45) is 11.8 Å². The highest BCUT2D eigenvalue weighted by Crippen LogP contribution is 2.61. The predicted molar refractivity (Wildman–Crippen MR) is 176 cm³/mol. The molecule has 4 amide bonds. The number of likely N-dealkylation sites (tertiary alicyclic amines) is 2. The van der Waals surface area contributed by atoms with Gasteiger partial charge in [0.05, 0.1) is 47.9 Å². The lowest BCUT2D eigenvalue weighted by molar-refractivity contribution is -0.152. The van der Waals surface area contributed by atoms with Crippen LogP contribution in [0.5, 0.6) is 11.5 Å². The molecular formula is C32H40N6O10S2. The van der Waals surface area contributed by atoms with Crippen LogP contribution in [0.1, 0.15) is 37.1 Å². The molecule has 6 atom stereocenters. The van der Waals surface area contributed by atoms with Gasteiger partial charge in [0, 0.05) is 52.4 Å². The van der Waals surface area contributed by atoms with Gasteiger partial charge in [-0.3, -0.25) is 29.0 Å². The van der Waals surface area contributed by atoms with Crippen LogP contribution in [0.15, 0.2) is 46.2 Å². The van der Waals surface area contributed by atoms with Gasteiger partial charge in [0.25, 0.3) is 0 Å². The van der Waals surface area contributed by atoms with Gasteiger partial charge in [0.2, 0.25) is 43.7 Å². The van der Waals surface area contributed by atoms with Crippen LogP contribution < -0.4 is 9.47 Å². The van der Waals surface area contributed by atoms with Crippen LogP contribution >= 0.6 is 0 Å². The first kappa shape index (κ1) is 35.9. The van der Waals surface area contributed by atoms with E-state index in [0.717, 1.165) is 18.4 Å². The van der Waals surface area contributed by atoms with Crippen LogP contribution in [0, 0.1) is 11.8 Å². The average Bonchev–Trinajstić information content (AvgIpc) is 3.74. The smallest absolute Gasteiger partial charge is 0.248 e. The van der Waals surface area contributed by atoms with Gasteiger partial charge in [0.1, 0.15) is 23.6 Å². The van der Waals surface area contributed by atoms with Gasteiger partial charge < -0.3 is 9.47 Å². The van der Waals surface area contributed by atoms with Crippen LogP contribution in [-0.2, 0) is 39.2 Å². The molecule has 2 aromatic carbocycles. The molecular weight excluding hydrogens is 693 g/mol. The summed E-state index contributed by atoms with van der Waals surface area (Å²) in [4.78, 5) is 59.0. The first-order chi connectivity index (χ1) is 23.5. The molecule has 0 N–H and O–H groups in total. The van der Waals surface area contributed by atoms with Crippen molar-refractivity contribution in [3.63, 3.8) is 0 Å². The predicted octanol–water partition coefficient (Wildman–Crippen LogP) is 0.280. The molecule has 4 aliphatic heterocycles. The van der Waals surface area contributed by atoms with Crippen LogP contribution in [0.25, 0.3) is 0 Å². The monoisotopic (exact) mass is 732 g/mol. The molecule has 6 rings (SSSR count). The number of hydrazine groups is 1. The van der Waals surface area contributed by atoms with Crippen molar-refractivity contribution in [2.45, 2.75) is 47.8 Å². The molecule has 0 aliphatic carbocycles. The maximum atomic E-state index is 14.3. The van der Waals surface area contributed by atoms with Crippen molar-refractivity contribution >= 4 is 43.7 Å². The summed E-state index contributed by atoms with van der Waals surface area (Å²) in [5.41, 5.74) is 0.440. The van der Waals surface area contributed by atoms with E-state index in [1.54, 1.807) is 23.9 Å². The second-order valence-electron chi connectivity index (χ2n) is 12.8. The Kier molecular flexibility index (Phi) is 8.88. The van der Waals surface area contributed by atoms with E-state index in [1.807, 2.05) is 0 Å². The van der Waals surface area contributed by atoms with Gasteiger partial charge in [-0.25, -0.2) is 35.5 Å². The standard InChI is InChI=1S/C32H40N6O10S2/c1-9-35-29(39)23-25(19-15-17(11-13-21(19)47-7)49(43,44)33(3)4)38-28-24(30(40)36(10-2)32(28)42)26(37(38)27(23)31(35)41)20-16-18(12-14-22(20)48-8)50(45,46)34(5)6/h11-16,23-28H,9-10H2,1-8H3. The summed E-state index contributed by atoms with van der Waals surface area (Å²) in [6.45, 7) is 3.37. The number of methoxy groups -OCH3 is 2. The first-order valence-electron chi connectivity index (χ1n) is 16.0. The van der Waals surface area contributed by atoms with E-state index in [-0.39, 0.29) is 45.5 Å². The summed E-state index contributed by atoms with van der Waals surface area (Å²) in [5.74, 6) is -4.14. The lowest BCUT2D eigenvalue weighted by Gasteiger charge is -2.36. The number of fused-ring (bicyclic) bond motifs is 5. The summed E-state index contributed by atoms with van der Waals surface area (Å²) >= 11 is 0. The topological polar surface area (TPSA) is 174 Å². The minimum atomic E-state index is -4.00. The Balaban J connectivity index is 1.68. The number of hydrogen-bond acceptors (Lipinski definition) is 12. The number of rotatable bonds is 10. The Hall–Kier alpha value is -3.94. The molecule has 16 nitrogen and oxygen atoms in total. The molecule has 18 heteroatoms. The lowest BCUT2D eigenvalue weighted by atomic mass is 9.83. The molecule has 50 heavy (non-hydrogen) atoms. The molecule has 0 spiro atoms. The number of carbonyl (C=O) groups is 4. The van der Waals surface area contributed by atoms with E-state index in [1.165, 1.54) is 78.8 Å². The Morgan fingerprint density at radius 3 is 1.20 bits per heavy atom. The number of carbonyl (C=O) groups excluding carboxylic acids is 4. The van der Waals surface area contributed by atoms with Gasteiger partial charge in [-0.05, 0) is 50.2 Å². The third-order valence-electron chi connectivity index (χ3n) is 10.1. The highest BCUT2D eigenvalue weighted by Gasteiger charge is 2.73. The zero-order chi connectivity index (χ0) is 36.8. The number of nitrogens with zero attached hydrogens (tertiary/aromatic N) is 6. The van der Waals surface area contributed by atoms with Crippen LogP contribution in [0.2, 0.25) is 0 Å². The molecule has 270 valence electrons. The highest BCUT2D eigenvalue weighted by atomic mass is 32.2. The molecule has 6 unspecified atom stereocenters. The Morgan fingerprint density at radius 2 is 0.920 bits per heavy atom. The largest absolute Gasteiger partial charge is 0.496 e. The minimum absolute atomic E-state index is 0.0380. The number of sulfonamides is 2. The fourth-order valence-corrected chi connectivity index (χ4v) is 9.69. The van der Waals surface area contributed by atoms with Gasteiger partial charge in [-0.15, -0.1) is 0 Å². The maximum absolute atomic E-state index is 14.3. The molecule has 2 aromatic rings. The minimum Gasteiger partial charge on any atom is -0.496 e. The van der Waals surface area contributed by atoms with Gasteiger partial charge in [-0.1, -0.05) is 0 Å². The van der Waals surface area contributed by atoms with E-state index in [9.17, 15) is 36.0 Å². The molecule has 4 fully saturated rings. The third kappa shape index (κ3) is 4.83. The van der Waals surface area contributed by atoms with E-state index in [4.69, 9.17) is 9.47 Å². The first-order valence-corrected chi connectivity index (χ1v) is 18.9. The van der Waals surface area contributed by atoms with Gasteiger partial charge in [0.15, 0.2) is 0 Å². The maximum Gasteiger partial charge on any atom is 0.248 e. The zero-order valence-corrected chi connectivity index (χ0v) is 30.6. The highest BCUT2D eigenvalue weighted by molar-refractivity contribution is 7.89. The van der Waals surface area contributed by atoms with E-state index in [2.05, 4.69) is 0 Å². The fraction of sp³-hybridized carbons (Fsp3) is 0.500. The van der Waals surface area contributed by atoms with Gasteiger partial charge >= 0.3 is 0 Å². The van der Waals surface area contributed by atoms with E-state index >= 15 is 0 Å². The molecule has 0 saturated carbocycles. The molecule has 4 aliphatic rings. The third-order valence-corrected chi connectivity index (χ3v) is 13.8. The number of likely N-dealkylation sites (N-methyl/N-ethyl adjacent to an activating group) is 2. The Morgan fingerprint density at radius 1 is 0.580 bits per heavy atom. The molecule has 0 aromatic heterocycles. The van der Waals surface area contributed by atoms with E-state index < -0.39 is 79.7 Å². The van der Waals surface area contributed by atoms with Crippen molar-refractivity contribution in [3.8, 4) is 11.5 Å². The van der Waals surface area contributed by atoms with Crippen molar-refractivity contribution in [2.75, 3.05) is 55.5 Å². The summed E-state index contributed by atoms with van der Waals surface area (Å²) in [7, 11) is 0.260. The summed E-state index contributed by atoms with van der Waals surface area (Å²) in [6.07, 6.45) is 0. The average molecular weight is 733 g/mol. The SMILES string of the molecule is CCN1C(=O)C2C(C1=O)N1C(c3cc(S(=O)(=O)N(C)C)ccc3OC)C3C(=O)N(CC)C(=O)C3N1C2c1cc(S(=O)(=O)N(C)C)ccc1OC. The van der Waals surface area contributed by atoms with Crippen LogP contribution in [-0.4, -0.2) is 136 Å². The van der Waals surface area contributed by atoms with Crippen molar-refractivity contribution in [1.82, 2.24) is 28.4 Å². The lowest BCUT2D eigenvalue weighted by Crippen LogP contribution is -2.50. The quantitative estimate of drug-likeness (QED) is 0.306. The van der Waals surface area contributed by atoms with Crippen molar-refractivity contribution in [3.05, 3.63) is 47.5 Å². The summed E-state index contributed by atoms with van der Waals surface area (Å²) in [5, 5.41) is 3.11. The fourth-order valence-electron chi connectivity index (χ4n) is 7.82. The zero-order valence-electron chi connectivity index (χ0n) is 28.9. The summed E-state index contributed by atoms with van der Waals surface area (Å²) < 4.78 is 66.9. The second-order valence-corrected chi connectivity index (χ2v) is 17.1. The van der Waals surface area contributed by atoms with E-state index in [0.29, 0.717) is 0 Å². The van der Waals surface area contributed by atoms with Crippen molar-refractivity contribution < 1.29 is 45.5 Å². The number of ether oxygens (including phenoxy) is 2. The van der Waals surface area contributed by atoms with Gasteiger partial charge in [-0.2, -0.15) is 0 Å². The number of benzene rings is 2. The molecule has 0 bridgehead atoms. The number of imide groups is 2. The number of hydrogen-bond donors (Lipinski definition) is 0. The second kappa shape index (κ2) is 12.4. The van der Waals surface area contributed by atoms with Crippen LogP contribution in [0.3, 0.4) is 0 Å². The Bertz CT molecular complexity index is 1880. The molecule has 0 radical (unpaired) electrons. The Labute approximate surface area is 291 Å².